The SMILES string of the molecule is NCc1c(C(F)F)cnc(C=O)c1OC(F)(F)F. The minimum Gasteiger partial charge on any atom is -0.403 e. The predicted octanol–water partition coefficient (Wildman–Crippen LogP) is 2.19. The first kappa shape index (κ1) is 14.3. The van der Waals surface area contributed by atoms with E-state index in [9.17, 15) is 26.7 Å². The number of aldehydes is 1. The summed E-state index contributed by atoms with van der Waals surface area (Å²) in [4.78, 5) is 13.7. The van der Waals surface area contributed by atoms with E-state index in [1.54, 1.807) is 0 Å². The zero-order valence-corrected chi connectivity index (χ0v) is 8.67. The van der Waals surface area contributed by atoms with Crippen LogP contribution in [0.4, 0.5) is 22.0 Å². The van der Waals surface area contributed by atoms with Gasteiger partial charge in [-0.2, -0.15) is 0 Å². The number of hydrogen-bond acceptors (Lipinski definition) is 4. The number of rotatable bonds is 4. The van der Waals surface area contributed by atoms with Crippen molar-refractivity contribution in [2.24, 2.45) is 5.73 Å². The van der Waals surface area contributed by atoms with Gasteiger partial charge in [0.1, 0.15) is 5.69 Å². The molecule has 2 N–H and O–H groups in total. The largest absolute Gasteiger partial charge is 0.573 e. The van der Waals surface area contributed by atoms with Crippen LogP contribution in [-0.4, -0.2) is 17.6 Å². The van der Waals surface area contributed by atoms with Crippen molar-refractivity contribution in [3.63, 3.8) is 0 Å². The number of halogens is 5. The first-order valence-electron chi connectivity index (χ1n) is 4.51. The lowest BCUT2D eigenvalue weighted by Crippen LogP contribution is -2.21. The zero-order valence-electron chi connectivity index (χ0n) is 8.67. The Balaban J connectivity index is 3.41. The molecule has 4 nitrogen and oxygen atoms in total. The van der Waals surface area contributed by atoms with Crippen LogP contribution < -0.4 is 10.5 Å². The predicted molar refractivity (Wildman–Crippen MR) is 49.2 cm³/mol. The lowest BCUT2D eigenvalue weighted by molar-refractivity contribution is -0.275. The van der Waals surface area contributed by atoms with Crippen LogP contribution in [-0.2, 0) is 6.54 Å². The number of nitrogens with two attached hydrogens (primary N) is 1. The molecule has 18 heavy (non-hydrogen) atoms. The third-order valence-electron chi connectivity index (χ3n) is 1.97. The molecule has 1 rings (SSSR count). The summed E-state index contributed by atoms with van der Waals surface area (Å²) < 4.78 is 65.0. The average molecular weight is 270 g/mol. The van der Waals surface area contributed by atoms with Gasteiger partial charge in [-0.3, -0.25) is 4.79 Å². The average Bonchev–Trinajstić information content (AvgIpc) is 2.26. The Hall–Kier alpha value is -1.77. The maximum absolute atomic E-state index is 12.5. The van der Waals surface area contributed by atoms with E-state index in [0.717, 1.165) is 0 Å². The van der Waals surface area contributed by atoms with Gasteiger partial charge in [0.05, 0.1) is 0 Å². The van der Waals surface area contributed by atoms with Crippen molar-refractivity contribution in [1.29, 1.82) is 0 Å². The van der Waals surface area contributed by atoms with Gasteiger partial charge in [0, 0.05) is 23.9 Å². The highest BCUT2D eigenvalue weighted by atomic mass is 19.4. The molecule has 100 valence electrons. The molecular weight excluding hydrogens is 263 g/mol. The summed E-state index contributed by atoms with van der Waals surface area (Å²) in [6.07, 6.45) is -7.65. The highest BCUT2D eigenvalue weighted by molar-refractivity contribution is 5.77. The van der Waals surface area contributed by atoms with Crippen molar-refractivity contribution in [2.75, 3.05) is 0 Å². The molecule has 9 heteroatoms. The first-order valence-corrected chi connectivity index (χ1v) is 4.51. The Bertz CT molecular complexity index is 447. The van der Waals surface area contributed by atoms with Crippen molar-refractivity contribution in [3.8, 4) is 5.75 Å². The van der Waals surface area contributed by atoms with Crippen LogP contribution >= 0.6 is 0 Å². The quantitative estimate of drug-likeness (QED) is 0.672. The van der Waals surface area contributed by atoms with E-state index in [4.69, 9.17) is 5.73 Å². The maximum atomic E-state index is 12.5. The van der Waals surface area contributed by atoms with Crippen LogP contribution in [0.5, 0.6) is 5.75 Å². The third-order valence-corrected chi connectivity index (χ3v) is 1.97. The van der Waals surface area contributed by atoms with E-state index in [1.807, 2.05) is 0 Å². The van der Waals surface area contributed by atoms with Crippen LogP contribution in [0.2, 0.25) is 0 Å². The summed E-state index contributed by atoms with van der Waals surface area (Å²) in [6.45, 7) is -0.644. The summed E-state index contributed by atoms with van der Waals surface area (Å²) in [5.74, 6) is -1.09. The lowest BCUT2D eigenvalue weighted by atomic mass is 10.1. The van der Waals surface area contributed by atoms with Crippen LogP contribution in [0.1, 0.15) is 28.0 Å². The summed E-state index contributed by atoms with van der Waals surface area (Å²) in [6, 6.07) is 0. The van der Waals surface area contributed by atoms with Crippen molar-refractivity contribution in [3.05, 3.63) is 23.0 Å². The van der Waals surface area contributed by atoms with E-state index in [2.05, 4.69) is 9.72 Å². The molecule has 0 saturated carbocycles. The molecular formula is C9H7F5N2O2. The highest BCUT2D eigenvalue weighted by Crippen LogP contribution is 2.34. The molecule has 0 saturated heterocycles. The fourth-order valence-electron chi connectivity index (χ4n) is 1.27. The second kappa shape index (κ2) is 5.25. The Labute approximate surface area is 97.6 Å². The van der Waals surface area contributed by atoms with E-state index < -0.39 is 41.9 Å². The van der Waals surface area contributed by atoms with E-state index >= 15 is 0 Å². The Morgan fingerprint density at radius 3 is 2.44 bits per heavy atom. The van der Waals surface area contributed by atoms with Crippen LogP contribution in [0.15, 0.2) is 6.20 Å². The van der Waals surface area contributed by atoms with E-state index in [1.165, 1.54) is 0 Å². The Kier molecular flexibility index (Phi) is 4.17. The molecule has 0 aromatic carbocycles. The second-order valence-corrected chi connectivity index (χ2v) is 3.08. The normalized spacial score (nSPS) is 11.7. The van der Waals surface area contributed by atoms with Gasteiger partial charge in [-0.1, -0.05) is 0 Å². The molecule has 0 bridgehead atoms. The third kappa shape index (κ3) is 3.13. The number of carbonyl (C=O) groups is 1. The summed E-state index contributed by atoms with van der Waals surface area (Å²) in [5.41, 5.74) is 2.97. The molecule has 0 radical (unpaired) electrons. The van der Waals surface area contributed by atoms with Gasteiger partial charge in [0.15, 0.2) is 12.0 Å². The van der Waals surface area contributed by atoms with Gasteiger partial charge in [-0.15, -0.1) is 13.2 Å². The topological polar surface area (TPSA) is 65.2 Å². The summed E-state index contributed by atoms with van der Waals surface area (Å²) in [7, 11) is 0. The first-order chi connectivity index (χ1) is 8.30. The Morgan fingerprint density at radius 2 is 2.06 bits per heavy atom. The molecule has 0 aliphatic heterocycles. The standard InChI is InChI=1S/C9H7F5N2O2/c10-8(11)5-2-16-6(3-17)7(4(5)1-15)18-9(12,13)14/h2-3,8H,1,15H2. The molecule has 0 aliphatic carbocycles. The van der Waals surface area contributed by atoms with Gasteiger partial charge in [-0.05, 0) is 0 Å². The number of hydrogen-bond donors (Lipinski definition) is 1. The van der Waals surface area contributed by atoms with Crippen molar-refractivity contribution < 1.29 is 31.5 Å². The molecule has 1 aromatic rings. The zero-order chi connectivity index (χ0) is 13.9. The molecule has 1 aromatic heterocycles. The number of alkyl halides is 5. The summed E-state index contributed by atoms with van der Waals surface area (Å²) >= 11 is 0. The number of aromatic nitrogens is 1. The number of nitrogens with zero attached hydrogens (tertiary/aromatic N) is 1. The molecule has 0 spiro atoms. The molecule has 0 fully saturated rings. The lowest BCUT2D eigenvalue weighted by Gasteiger charge is -2.16. The van der Waals surface area contributed by atoms with Crippen molar-refractivity contribution in [2.45, 2.75) is 19.3 Å². The second-order valence-electron chi connectivity index (χ2n) is 3.08. The number of pyridine rings is 1. The smallest absolute Gasteiger partial charge is 0.403 e. The molecule has 0 unspecified atom stereocenters. The number of carbonyl (C=O) groups excluding carboxylic acids is 1. The van der Waals surface area contributed by atoms with Crippen molar-refractivity contribution in [1.82, 2.24) is 4.98 Å². The minimum atomic E-state index is -5.13. The van der Waals surface area contributed by atoms with Gasteiger partial charge >= 0.3 is 6.36 Å². The minimum absolute atomic E-state index is 0.0323. The van der Waals surface area contributed by atoms with E-state index in [0.29, 0.717) is 6.20 Å². The van der Waals surface area contributed by atoms with Gasteiger partial charge in [-0.25, -0.2) is 13.8 Å². The summed E-state index contributed by atoms with van der Waals surface area (Å²) in [5, 5.41) is 0. The van der Waals surface area contributed by atoms with Crippen LogP contribution in [0, 0.1) is 0 Å². The monoisotopic (exact) mass is 270 g/mol. The van der Waals surface area contributed by atoms with Gasteiger partial charge in [0.2, 0.25) is 0 Å². The highest BCUT2D eigenvalue weighted by Gasteiger charge is 2.34. The number of ether oxygens (including phenoxy) is 1. The van der Waals surface area contributed by atoms with Gasteiger partial charge < -0.3 is 10.5 Å². The van der Waals surface area contributed by atoms with Gasteiger partial charge in [0.25, 0.3) is 6.43 Å². The maximum Gasteiger partial charge on any atom is 0.573 e. The fraction of sp³-hybridized carbons (Fsp3) is 0.333. The molecule has 1 heterocycles. The van der Waals surface area contributed by atoms with Crippen LogP contribution in [0.3, 0.4) is 0 Å². The molecule has 0 amide bonds. The fourth-order valence-corrected chi connectivity index (χ4v) is 1.27. The van der Waals surface area contributed by atoms with Crippen molar-refractivity contribution >= 4 is 6.29 Å². The Morgan fingerprint density at radius 1 is 1.44 bits per heavy atom. The molecule has 0 atom stereocenters. The van der Waals surface area contributed by atoms with E-state index in [-0.39, 0.29) is 6.29 Å². The van der Waals surface area contributed by atoms with Crippen LogP contribution in [0.25, 0.3) is 0 Å². The molecule has 0 aliphatic rings.